The molecular weight excluding hydrogens is 290 g/mol. The molecule has 1 aromatic carbocycles. The summed E-state index contributed by atoms with van der Waals surface area (Å²) in [6, 6.07) is 7.65. The molecule has 5 heteroatoms. The van der Waals surface area contributed by atoms with E-state index in [0.717, 1.165) is 11.3 Å². The van der Waals surface area contributed by atoms with Crippen LogP contribution >= 0.6 is 0 Å². The third-order valence-corrected chi connectivity index (χ3v) is 4.22. The molecule has 0 saturated carbocycles. The monoisotopic (exact) mass is 317 g/mol. The van der Waals surface area contributed by atoms with Crippen molar-refractivity contribution < 1.29 is 9.59 Å². The van der Waals surface area contributed by atoms with Gasteiger partial charge in [0.25, 0.3) is 0 Å². The number of rotatable bonds is 3. The maximum Gasteiger partial charge on any atom is 0.228 e. The Labute approximate surface area is 138 Å². The van der Waals surface area contributed by atoms with E-state index < -0.39 is 0 Å². The van der Waals surface area contributed by atoms with Crippen molar-refractivity contribution in [2.45, 2.75) is 33.6 Å². The molecule has 5 nitrogen and oxygen atoms in total. The summed E-state index contributed by atoms with van der Waals surface area (Å²) >= 11 is 0. The average Bonchev–Trinajstić information content (AvgIpc) is 2.52. The third-order valence-electron chi connectivity index (χ3n) is 4.22. The van der Waals surface area contributed by atoms with Crippen LogP contribution in [-0.4, -0.2) is 47.8 Å². The van der Waals surface area contributed by atoms with E-state index in [1.807, 2.05) is 54.8 Å². The van der Waals surface area contributed by atoms with Gasteiger partial charge in [0.15, 0.2) is 0 Å². The summed E-state index contributed by atoms with van der Waals surface area (Å²) in [7, 11) is 0. The fourth-order valence-electron chi connectivity index (χ4n) is 2.79. The number of carbonyl (C=O) groups is 2. The van der Waals surface area contributed by atoms with Crippen molar-refractivity contribution in [3.63, 3.8) is 0 Å². The predicted molar refractivity (Wildman–Crippen MR) is 91.8 cm³/mol. The Balaban J connectivity index is 1.82. The number of para-hydroxylation sites is 1. The number of nitrogen functional groups attached to an aromatic ring is 1. The summed E-state index contributed by atoms with van der Waals surface area (Å²) in [5.41, 5.74) is 7.30. The SMILES string of the molecule is CC(C)(C)C(=O)N1CCN(C(=O)CCc2ccccc2N)CC1. The molecule has 23 heavy (non-hydrogen) atoms. The number of anilines is 1. The maximum absolute atomic E-state index is 12.3. The molecule has 0 bridgehead atoms. The van der Waals surface area contributed by atoms with Crippen molar-refractivity contribution in [3.8, 4) is 0 Å². The maximum atomic E-state index is 12.3. The van der Waals surface area contributed by atoms with Crippen molar-refractivity contribution >= 4 is 17.5 Å². The highest BCUT2D eigenvalue weighted by atomic mass is 16.2. The minimum absolute atomic E-state index is 0.135. The molecule has 1 aliphatic heterocycles. The number of nitrogens with two attached hydrogens (primary N) is 1. The van der Waals surface area contributed by atoms with Crippen molar-refractivity contribution in [3.05, 3.63) is 29.8 Å². The number of hydrogen-bond acceptors (Lipinski definition) is 3. The molecule has 0 aromatic heterocycles. The van der Waals surface area contributed by atoms with Crippen LogP contribution in [0.25, 0.3) is 0 Å². The zero-order chi connectivity index (χ0) is 17.0. The van der Waals surface area contributed by atoms with Gasteiger partial charge in [-0.25, -0.2) is 0 Å². The van der Waals surface area contributed by atoms with Gasteiger partial charge in [0, 0.05) is 43.7 Å². The lowest BCUT2D eigenvalue weighted by Crippen LogP contribution is -2.53. The second-order valence-electron chi connectivity index (χ2n) is 7.12. The largest absolute Gasteiger partial charge is 0.399 e. The lowest BCUT2D eigenvalue weighted by Gasteiger charge is -2.37. The fourth-order valence-corrected chi connectivity index (χ4v) is 2.79. The Kier molecular flexibility index (Phi) is 5.29. The van der Waals surface area contributed by atoms with Crippen molar-refractivity contribution in [1.82, 2.24) is 9.80 Å². The van der Waals surface area contributed by atoms with Crippen LogP contribution in [0.2, 0.25) is 0 Å². The van der Waals surface area contributed by atoms with Crippen LogP contribution in [0, 0.1) is 5.41 Å². The minimum atomic E-state index is -0.364. The summed E-state index contributed by atoms with van der Waals surface area (Å²) in [5, 5.41) is 0. The Morgan fingerprint density at radius 1 is 1.04 bits per heavy atom. The summed E-state index contributed by atoms with van der Waals surface area (Å²) in [6.45, 7) is 8.26. The average molecular weight is 317 g/mol. The van der Waals surface area contributed by atoms with E-state index in [-0.39, 0.29) is 17.2 Å². The Hall–Kier alpha value is -2.04. The standard InChI is InChI=1S/C18H27N3O2/c1-18(2,3)17(23)21-12-10-20(11-13-21)16(22)9-8-14-6-4-5-7-15(14)19/h4-7H,8-13,19H2,1-3H3. The predicted octanol–water partition coefficient (Wildman–Crippen LogP) is 1.92. The van der Waals surface area contributed by atoms with Crippen LogP contribution < -0.4 is 5.73 Å². The topological polar surface area (TPSA) is 66.6 Å². The number of benzene rings is 1. The van der Waals surface area contributed by atoms with E-state index in [2.05, 4.69) is 0 Å². The molecular formula is C18H27N3O2. The molecule has 2 rings (SSSR count). The molecule has 1 heterocycles. The summed E-state index contributed by atoms with van der Waals surface area (Å²) < 4.78 is 0. The first-order valence-corrected chi connectivity index (χ1v) is 8.19. The van der Waals surface area contributed by atoms with Crippen LogP contribution in [-0.2, 0) is 16.0 Å². The Morgan fingerprint density at radius 2 is 1.61 bits per heavy atom. The van der Waals surface area contributed by atoms with Crippen LogP contribution in [0.5, 0.6) is 0 Å². The molecule has 2 amide bonds. The first kappa shape index (κ1) is 17.3. The molecule has 1 fully saturated rings. The molecule has 0 spiro atoms. The number of carbonyl (C=O) groups excluding carboxylic acids is 2. The molecule has 1 aromatic rings. The molecule has 1 saturated heterocycles. The van der Waals surface area contributed by atoms with Crippen LogP contribution in [0.15, 0.2) is 24.3 Å². The summed E-state index contributed by atoms with van der Waals surface area (Å²) in [6.07, 6.45) is 1.12. The van der Waals surface area contributed by atoms with Gasteiger partial charge in [0.1, 0.15) is 0 Å². The molecule has 0 unspecified atom stereocenters. The zero-order valence-electron chi connectivity index (χ0n) is 14.3. The number of aryl methyl sites for hydroxylation is 1. The minimum Gasteiger partial charge on any atom is -0.399 e. The van der Waals surface area contributed by atoms with Gasteiger partial charge in [-0.3, -0.25) is 9.59 Å². The Morgan fingerprint density at radius 3 is 2.17 bits per heavy atom. The lowest BCUT2D eigenvalue weighted by atomic mass is 9.94. The zero-order valence-corrected chi connectivity index (χ0v) is 14.3. The number of amides is 2. The summed E-state index contributed by atoms with van der Waals surface area (Å²) in [5.74, 6) is 0.290. The highest BCUT2D eigenvalue weighted by Crippen LogP contribution is 2.19. The normalized spacial score (nSPS) is 15.6. The third kappa shape index (κ3) is 4.47. The van der Waals surface area contributed by atoms with Crippen LogP contribution in [0.3, 0.4) is 0 Å². The van der Waals surface area contributed by atoms with Gasteiger partial charge >= 0.3 is 0 Å². The van der Waals surface area contributed by atoms with E-state index in [9.17, 15) is 9.59 Å². The molecule has 2 N–H and O–H groups in total. The van der Waals surface area contributed by atoms with Crippen LogP contribution in [0.4, 0.5) is 5.69 Å². The number of piperazine rings is 1. The molecule has 1 aliphatic rings. The van der Waals surface area contributed by atoms with E-state index in [0.29, 0.717) is 39.0 Å². The molecule has 126 valence electrons. The highest BCUT2D eigenvalue weighted by molar-refractivity contribution is 5.82. The molecule has 0 aliphatic carbocycles. The van der Waals surface area contributed by atoms with Gasteiger partial charge in [-0.05, 0) is 18.1 Å². The van der Waals surface area contributed by atoms with Gasteiger partial charge in [-0.1, -0.05) is 39.0 Å². The molecule has 0 radical (unpaired) electrons. The van der Waals surface area contributed by atoms with Crippen molar-refractivity contribution in [2.24, 2.45) is 5.41 Å². The quantitative estimate of drug-likeness (QED) is 0.866. The van der Waals surface area contributed by atoms with Gasteiger partial charge in [0.2, 0.25) is 11.8 Å². The van der Waals surface area contributed by atoms with Gasteiger partial charge < -0.3 is 15.5 Å². The van der Waals surface area contributed by atoms with Gasteiger partial charge in [-0.2, -0.15) is 0 Å². The molecule has 0 atom stereocenters. The first-order valence-electron chi connectivity index (χ1n) is 8.19. The number of nitrogens with zero attached hydrogens (tertiary/aromatic N) is 2. The lowest BCUT2D eigenvalue weighted by molar-refractivity contribution is -0.144. The fraction of sp³-hybridized carbons (Fsp3) is 0.556. The Bertz CT molecular complexity index is 570. The number of hydrogen-bond donors (Lipinski definition) is 1. The van der Waals surface area contributed by atoms with E-state index in [4.69, 9.17) is 5.73 Å². The van der Waals surface area contributed by atoms with Crippen molar-refractivity contribution in [2.75, 3.05) is 31.9 Å². The smallest absolute Gasteiger partial charge is 0.228 e. The second kappa shape index (κ2) is 7.02. The van der Waals surface area contributed by atoms with Crippen molar-refractivity contribution in [1.29, 1.82) is 0 Å². The van der Waals surface area contributed by atoms with E-state index in [1.54, 1.807) is 0 Å². The highest BCUT2D eigenvalue weighted by Gasteiger charge is 2.30. The van der Waals surface area contributed by atoms with Gasteiger partial charge in [-0.15, -0.1) is 0 Å². The van der Waals surface area contributed by atoms with Crippen LogP contribution in [0.1, 0.15) is 32.8 Å². The van der Waals surface area contributed by atoms with Gasteiger partial charge in [0.05, 0.1) is 0 Å². The van der Waals surface area contributed by atoms with E-state index in [1.165, 1.54) is 0 Å². The second-order valence-corrected chi connectivity index (χ2v) is 7.12. The first-order chi connectivity index (χ1) is 10.8. The summed E-state index contributed by atoms with van der Waals surface area (Å²) in [4.78, 5) is 28.3. The van der Waals surface area contributed by atoms with E-state index >= 15 is 0 Å².